The maximum atomic E-state index is 13.8. The second kappa shape index (κ2) is 4.41. The molecule has 0 N–H and O–H groups in total. The number of hydrogen-bond acceptors (Lipinski definition) is 3. The van der Waals surface area contributed by atoms with E-state index in [-0.39, 0.29) is 11.1 Å². The molecule has 0 radical (unpaired) electrons. The average Bonchev–Trinajstić information content (AvgIpc) is 2.76. The van der Waals surface area contributed by atoms with Crippen LogP contribution >= 0.6 is 11.6 Å². The molecular formula is C12H15ClFN3. The minimum Gasteiger partial charge on any atom is -0.351 e. The van der Waals surface area contributed by atoms with Crippen LogP contribution in [0.25, 0.3) is 0 Å². The van der Waals surface area contributed by atoms with Gasteiger partial charge in [0.05, 0.1) is 6.20 Å². The second-order valence-electron chi connectivity index (χ2n) is 4.90. The number of fused-ring (bicyclic) bond motifs is 1. The first kappa shape index (κ1) is 11.2. The maximum absolute atomic E-state index is 13.8. The van der Waals surface area contributed by atoms with Crippen LogP contribution in [-0.4, -0.2) is 22.6 Å². The molecule has 3 rings (SSSR count). The van der Waals surface area contributed by atoms with Crippen molar-refractivity contribution in [2.24, 2.45) is 5.92 Å². The highest BCUT2D eigenvalue weighted by molar-refractivity contribution is 6.28. The first-order valence-electron chi connectivity index (χ1n) is 6.20. The van der Waals surface area contributed by atoms with Gasteiger partial charge in [0.2, 0.25) is 5.28 Å². The number of halogens is 2. The summed E-state index contributed by atoms with van der Waals surface area (Å²) in [5, 5.41) is 0.126. The standard InChI is InChI=1S/C12H15ClFN3/c13-12-15-7-9(14)11(16-12)17-6-5-8-3-1-2-4-10(8)17/h7-8,10H,1-6H2. The fraction of sp³-hybridized carbons (Fsp3) is 0.667. The van der Waals surface area contributed by atoms with E-state index in [9.17, 15) is 4.39 Å². The summed E-state index contributed by atoms with van der Waals surface area (Å²) in [6, 6.07) is 0.448. The largest absolute Gasteiger partial charge is 0.351 e. The van der Waals surface area contributed by atoms with Crippen LogP contribution in [0, 0.1) is 11.7 Å². The highest BCUT2D eigenvalue weighted by Crippen LogP contribution is 2.38. The van der Waals surface area contributed by atoms with E-state index in [1.165, 1.54) is 25.5 Å². The van der Waals surface area contributed by atoms with E-state index in [0.717, 1.165) is 19.4 Å². The van der Waals surface area contributed by atoms with Crippen molar-refractivity contribution >= 4 is 17.4 Å². The van der Waals surface area contributed by atoms with Gasteiger partial charge in [-0.15, -0.1) is 0 Å². The van der Waals surface area contributed by atoms with E-state index in [2.05, 4.69) is 14.9 Å². The molecule has 2 atom stereocenters. The van der Waals surface area contributed by atoms with Crippen molar-refractivity contribution in [2.45, 2.75) is 38.1 Å². The maximum Gasteiger partial charge on any atom is 0.224 e. The Morgan fingerprint density at radius 1 is 1.29 bits per heavy atom. The summed E-state index contributed by atoms with van der Waals surface area (Å²) in [7, 11) is 0. The van der Waals surface area contributed by atoms with E-state index >= 15 is 0 Å². The lowest BCUT2D eigenvalue weighted by Gasteiger charge is -2.32. The van der Waals surface area contributed by atoms with Crippen molar-refractivity contribution in [2.75, 3.05) is 11.4 Å². The number of aromatic nitrogens is 2. The molecule has 0 aromatic carbocycles. The highest BCUT2D eigenvalue weighted by Gasteiger charge is 2.37. The van der Waals surface area contributed by atoms with Gasteiger partial charge in [0, 0.05) is 12.6 Å². The van der Waals surface area contributed by atoms with E-state index in [4.69, 9.17) is 11.6 Å². The fourth-order valence-electron chi connectivity index (χ4n) is 3.21. The van der Waals surface area contributed by atoms with Gasteiger partial charge < -0.3 is 4.90 Å². The third-order valence-electron chi connectivity index (χ3n) is 3.98. The van der Waals surface area contributed by atoms with E-state index in [1.807, 2.05) is 0 Å². The number of nitrogens with zero attached hydrogens (tertiary/aromatic N) is 3. The molecule has 0 amide bonds. The summed E-state index contributed by atoms with van der Waals surface area (Å²) in [6.45, 7) is 0.888. The molecule has 1 saturated heterocycles. The summed E-state index contributed by atoms with van der Waals surface area (Å²) < 4.78 is 13.8. The molecule has 1 aliphatic carbocycles. The van der Waals surface area contributed by atoms with Crippen molar-refractivity contribution in [3.8, 4) is 0 Å². The third-order valence-corrected chi connectivity index (χ3v) is 4.16. The van der Waals surface area contributed by atoms with Gasteiger partial charge in [0.25, 0.3) is 0 Å². The zero-order valence-electron chi connectivity index (χ0n) is 9.57. The van der Waals surface area contributed by atoms with Crippen LogP contribution in [0.3, 0.4) is 0 Å². The molecule has 0 bridgehead atoms. The van der Waals surface area contributed by atoms with Gasteiger partial charge in [-0.1, -0.05) is 12.8 Å². The summed E-state index contributed by atoms with van der Waals surface area (Å²) in [6.07, 6.45) is 7.26. The average molecular weight is 256 g/mol. The molecule has 2 unspecified atom stereocenters. The number of hydrogen-bond donors (Lipinski definition) is 0. The Balaban J connectivity index is 1.91. The van der Waals surface area contributed by atoms with Crippen LogP contribution in [-0.2, 0) is 0 Å². The lowest BCUT2D eigenvalue weighted by atomic mass is 9.85. The van der Waals surface area contributed by atoms with Gasteiger partial charge in [0.1, 0.15) is 0 Å². The van der Waals surface area contributed by atoms with Crippen LogP contribution in [0.5, 0.6) is 0 Å². The van der Waals surface area contributed by atoms with Crippen molar-refractivity contribution in [3.05, 3.63) is 17.3 Å². The number of anilines is 1. The summed E-state index contributed by atoms with van der Waals surface area (Å²) in [4.78, 5) is 9.81. The van der Waals surface area contributed by atoms with Crippen LogP contribution in [0.4, 0.5) is 10.2 Å². The molecule has 3 nitrogen and oxygen atoms in total. The summed E-state index contributed by atoms with van der Waals surface area (Å²) in [5.41, 5.74) is 0. The van der Waals surface area contributed by atoms with E-state index in [0.29, 0.717) is 17.8 Å². The van der Waals surface area contributed by atoms with Crippen molar-refractivity contribution in [3.63, 3.8) is 0 Å². The summed E-state index contributed by atoms with van der Waals surface area (Å²) >= 11 is 5.75. The minimum absolute atomic E-state index is 0.126. The van der Waals surface area contributed by atoms with Crippen molar-refractivity contribution in [1.29, 1.82) is 0 Å². The molecular weight excluding hydrogens is 241 g/mol. The third kappa shape index (κ3) is 1.99. The van der Waals surface area contributed by atoms with Gasteiger partial charge in [-0.2, -0.15) is 4.98 Å². The molecule has 2 fully saturated rings. The smallest absolute Gasteiger partial charge is 0.224 e. The van der Waals surface area contributed by atoms with Crippen LogP contribution in [0.2, 0.25) is 5.28 Å². The molecule has 5 heteroatoms. The Hall–Kier alpha value is -0.900. The van der Waals surface area contributed by atoms with E-state index in [1.54, 1.807) is 0 Å². The SMILES string of the molecule is Fc1cnc(Cl)nc1N1CCC2CCCCC21. The van der Waals surface area contributed by atoms with Crippen LogP contribution < -0.4 is 4.90 Å². The van der Waals surface area contributed by atoms with Gasteiger partial charge in [-0.25, -0.2) is 9.37 Å². The molecule has 17 heavy (non-hydrogen) atoms. The molecule has 2 aliphatic rings. The van der Waals surface area contributed by atoms with Gasteiger partial charge in [-0.05, 0) is 36.8 Å². The Morgan fingerprint density at radius 2 is 2.12 bits per heavy atom. The van der Waals surface area contributed by atoms with Gasteiger partial charge in [0.15, 0.2) is 11.6 Å². The molecule has 2 heterocycles. The Labute approximate surface area is 105 Å². The Kier molecular flexibility index (Phi) is 2.90. The van der Waals surface area contributed by atoms with Gasteiger partial charge >= 0.3 is 0 Å². The van der Waals surface area contributed by atoms with E-state index < -0.39 is 0 Å². The monoisotopic (exact) mass is 255 g/mol. The Bertz CT molecular complexity index is 426. The lowest BCUT2D eigenvalue weighted by Crippen LogP contribution is -2.35. The molecule has 92 valence electrons. The topological polar surface area (TPSA) is 29.0 Å². The minimum atomic E-state index is -0.361. The number of rotatable bonds is 1. The normalized spacial score (nSPS) is 28.2. The van der Waals surface area contributed by atoms with Crippen molar-refractivity contribution < 1.29 is 4.39 Å². The fourth-order valence-corrected chi connectivity index (χ4v) is 3.34. The quantitative estimate of drug-likeness (QED) is 0.723. The Morgan fingerprint density at radius 3 is 3.00 bits per heavy atom. The molecule has 1 aromatic heterocycles. The zero-order valence-corrected chi connectivity index (χ0v) is 10.3. The highest BCUT2D eigenvalue weighted by atomic mass is 35.5. The predicted molar refractivity (Wildman–Crippen MR) is 64.7 cm³/mol. The molecule has 0 spiro atoms. The summed E-state index contributed by atoms with van der Waals surface area (Å²) in [5.74, 6) is 0.733. The van der Waals surface area contributed by atoms with Gasteiger partial charge in [-0.3, -0.25) is 0 Å². The van der Waals surface area contributed by atoms with Crippen LogP contribution in [0.15, 0.2) is 6.20 Å². The van der Waals surface area contributed by atoms with Crippen LogP contribution in [0.1, 0.15) is 32.1 Å². The first-order chi connectivity index (χ1) is 8.25. The molecule has 1 saturated carbocycles. The molecule has 1 aromatic rings. The van der Waals surface area contributed by atoms with Crippen molar-refractivity contribution in [1.82, 2.24) is 9.97 Å². The molecule has 1 aliphatic heterocycles. The second-order valence-corrected chi connectivity index (χ2v) is 5.24. The lowest BCUT2D eigenvalue weighted by molar-refractivity contribution is 0.340. The zero-order chi connectivity index (χ0) is 11.8. The predicted octanol–water partition coefficient (Wildman–Crippen LogP) is 3.04. The first-order valence-corrected chi connectivity index (χ1v) is 6.58.